The highest BCUT2D eigenvalue weighted by molar-refractivity contribution is 5.91. The zero-order valence-electron chi connectivity index (χ0n) is 15.7. The average molecular weight is 391 g/mol. The highest BCUT2D eigenvalue weighted by Crippen LogP contribution is 2.18. The molecular weight excluding hydrogens is 370 g/mol. The van der Waals surface area contributed by atoms with E-state index in [4.69, 9.17) is 19.9 Å². The Hall–Kier alpha value is -3.80. The van der Waals surface area contributed by atoms with Gasteiger partial charge in [-0.1, -0.05) is 48.5 Å². The van der Waals surface area contributed by atoms with Gasteiger partial charge in [0.1, 0.15) is 24.7 Å². The fourth-order valence-electron chi connectivity index (χ4n) is 2.63. The van der Waals surface area contributed by atoms with Crippen LogP contribution in [0.3, 0.4) is 0 Å². The van der Waals surface area contributed by atoms with Crippen LogP contribution in [0.25, 0.3) is 0 Å². The van der Waals surface area contributed by atoms with Crippen molar-refractivity contribution in [2.45, 2.75) is 13.2 Å². The molecule has 0 aromatic heterocycles. The lowest BCUT2D eigenvalue weighted by molar-refractivity contribution is -0.119. The molecule has 2 N–H and O–H groups in total. The summed E-state index contributed by atoms with van der Waals surface area (Å²) in [5, 5.41) is 0. The number of hydrogen-bond donors (Lipinski definition) is 1. The van der Waals surface area contributed by atoms with Gasteiger partial charge in [0, 0.05) is 5.56 Å². The van der Waals surface area contributed by atoms with Gasteiger partial charge in [-0.3, -0.25) is 4.79 Å². The van der Waals surface area contributed by atoms with Gasteiger partial charge in [0.25, 0.3) is 5.91 Å². The Labute approximate surface area is 168 Å². The topological polar surface area (TPSA) is 87.9 Å². The van der Waals surface area contributed by atoms with Crippen LogP contribution in [0.4, 0.5) is 0 Å². The number of carbonyl (C=O) groups excluding carboxylic acids is 2. The molecule has 0 fully saturated rings. The van der Waals surface area contributed by atoms with Gasteiger partial charge in [0.15, 0.2) is 6.61 Å². The van der Waals surface area contributed by atoms with Gasteiger partial charge in [-0.2, -0.15) is 0 Å². The number of ether oxygens (including phenoxy) is 3. The van der Waals surface area contributed by atoms with Crippen LogP contribution in [0.2, 0.25) is 0 Å². The fraction of sp³-hybridized carbons (Fsp3) is 0.130. The number of hydrogen-bond acceptors (Lipinski definition) is 5. The van der Waals surface area contributed by atoms with E-state index < -0.39 is 11.9 Å². The average Bonchev–Trinajstić information content (AvgIpc) is 2.76. The Bertz CT molecular complexity index is 972. The first-order valence-electron chi connectivity index (χ1n) is 9.05. The molecule has 0 aliphatic heterocycles. The van der Waals surface area contributed by atoms with E-state index in [1.54, 1.807) is 36.4 Å². The van der Waals surface area contributed by atoms with Crippen LogP contribution in [0.1, 0.15) is 21.5 Å². The summed E-state index contributed by atoms with van der Waals surface area (Å²) < 4.78 is 16.5. The number of para-hydroxylation sites is 1. The summed E-state index contributed by atoms with van der Waals surface area (Å²) in [5.41, 5.74) is 6.99. The largest absolute Gasteiger partial charge is 0.489 e. The maximum Gasteiger partial charge on any atom is 0.338 e. The van der Waals surface area contributed by atoms with Gasteiger partial charge in [0.05, 0.1) is 5.56 Å². The van der Waals surface area contributed by atoms with Crippen molar-refractivity contribution in [2.75, 3.05) is 6.61 Å². The Morgan fingerprint density at radius 2 is 1.48 bits per heavy atom. The number of nitrogens with two attached hydrogens (primary N) is 1. The number of rotatable bonds is 9. The monoisotopic (exact) mass is 391 g/mol. The molecule has 0 aliphatic rings. The first kappa shape index (κ1) is 19.9. The maximum absolute atomic E-state index is 12.6. The molecular formula is C23H21NO5. The molecule has 0 atom stereocenters. The molecule has 0 aliphatic carbocycles. The van der Waals surface area contributed by atoms with Gasteiger partial charge in [-0.25, -0.2) is 4.79 Å². The third-order valence-electron chi connectivity index (χ3n) is 4.02. The number of amides is 1. The molecule has 29 heavy (non-hydrogen) atoms. The van der Waals surface area contributed by atoms with Crippen molar-refractivity contribution in [3.05, 3.63) is 95.6 Å². The summed E-state index contributed by atoms with van der Waals surface area (Å²) in [6.07, 6.45) is 0. The lowest BCUT2D eigenvalue weighted by atomic mass is 10.1. The molecule has 0 unspecified atom stereocenters. The van der Waals surface area contributed by atoms with E-state index in [0.29, 0.717) is 11.3 Å². The van der Waals surface area contributed by atoms with E-state index in [0.717, 1.165) is 16.9 Å². The Morgan fingerprint density at radius 3 is 2.28 bits per heavy atom. The number of esters is 1. The Kier molecular flexibility index (Phi) is 6.84. The predicted octanol–water partition coefficient (Wildman–Crippen LogP) is 3.49. The summed E-state index contributed by atoms with van der Waals surface area (Å²) >= 11 is 0. The summed E-state index contributed by atoms with van der Waals surface area (Å²) in [7, 11) is 0. The van der Waals surface area contributed by atoms with Crippen LogP contribution >= 0.6 is 0 Å². The number of benzene rings is 3. The molecule has 0 bridgehead atoms. The second-order valence-corrected chi connectivity index (χ2v) is 6.24. The molecule has 0 heterocycles. The SMILES string of the molecule is NC(=O)COc1cccc(COC(=O)c2ccccc2COc2ccccc2)c1. The number of primary amides is 1. The molecule has 0 spiro atoms. The smallest absolute Gasteiger partial charge is 0.338 e. The minimum atomic E-state index is -0.559. The summed E-state index contributed by atoms with van der Waals surface area (Å²) in [5.74, 6) is 0.203. The minimum Gasteiger partial charge on any atom is -0.489 e. The van der Waals surface area contributed by atoms with Crippen LogP contribution < -0.4 is 15.2 Å². The quantitative estimate of drug-likeness (QED) is 0.564. The second kappa shape index (κ2) is 9.94. The fourth-order valence-corrected chi connectivity index (χ4v) is 2.63. The van der Waals surface area contributed by atoms with Crippen LogP contribution in [0.5, 0.6) is 11.5 Å². The zero-order valence-corrected chi connectivity index (χ0v) is 15.7. The minimum absolute atomic E-state index is 0.0699. The van der Waals surface area contributed by atoms with Gasteiger partial charge >= 0.3 is 5.97 Å². The molecule has 0 radical (unpaired) electrons. The van der Waals surface area contributed by atoms with Crippen LogP contribution in [0.15, 0.2) is 78.9 Å². The van der Waals surface area contributed by atoms with Crippen molar-refractivity contribution >= 4 is 11.9 Å². The van der Waals surface area contributed by atoms with E-state index in [1.165, 1.54) is 0 Å². The first-order valence-corrected chi connectivity index (χ1v) is 9.05. The second-order valence-electron chi connectivity index (χ2n) is 6.24. The highest BCUT2D eigenvalue weighted by atomic mass is 16.5. The van der Waals surface area contributed by atoms with Crippen molar-refractivity contribution in [1.82, 2.24) is 0 Å². The van der Waals surface area contributed by atoms with Crippen molar-refractivity contribution in [3.63, 3.8) is 0 Å². The van der Waals surface area contributed by atoms with Crippen molar-refractivity contribution < 1.29 is 23.8 Å². The van der Waals surface area contributed by atoms with E-state index in [-0.39, 0.29) is 19.8 Å². The lowest BCUT2D eigenvalue weighted by Gasteiger charge is -2.11. The standard InChI is InChI=1S/C23H21NO5/c24-22(25)16-28-20-11-6-7-17(13-20)14-29-23(26)21-12-5-4-8-18(21)15-27-19-9-2-1-3-10-19/h1-13H,14-16H2,(H2,24,25). The van der Waals surface area contributed by atoms with Gasteiger partial charge in [-0.15, -0.1) is 0 Å². The van der Waals surface area contributed by atoms with Crippen molar-refractivity contribution in [1.29, 1.82) is 0 Å². The van der Waals surface area contributed by atoms with E-state index in [1.807, 2.05) is 42.5 Å². The molecule has 6 heteroatoms. The normalized spacial score (nSPS) is 10.2. The molecule has 6 nitrogen and oxygen atoms in total. The van der Waals surface area contributed by atoms with Gasteiger partial charge in [-0.05, 0) is 35.9 Å². The third-order valence-corrected chi connectivity index (χ3v) is 4.02. The number of carbonyl (C=O) groups is 2. The molecule has 3 aromatic carbocycles. The van der Waals surface area contributed by atoms with Crippen LogP contribution in [0, 0.1) is 0 Å². The Morgan fingerprint density at radius 1 is 0.759 bits per heavy atom. The lowest BCUT2D eigenvalue weighted by Crippen LogP contribution is -2.20. The summed E-state index contributed by atoms with van der Waals surface area (Å²) in [6, 6.07) is 23.5. The molecule has 0 saturated carbocycles. The van der Waals surface area contributed by atoms with Crippen molar-refractivity contribution in [3.8, 4) is 11.5 Å². The van der Waals surface area contributed by atoms with Crippen LogP contribution in [-0.4, -0.2) is 18.5 Å². The van der Waals surface area contributed by atoms with Gasteiger partial charge in [0.2, 0.25) is 0 Å². The maximum atomic E-state index is 12.6. The summed E-state index contributed by atoms with van der Waals surface area (Å²) in [4.78, 5) is 23.4. The first-order chi connectivity index (χ1) is 14.1. The van der Waals surface area contributed by atoms with E-state index in [2.05, 4.69) is 0 Å². The van der Waals surface area contributed by atoms with Crippen LogP contribution in [-0.2, 0) is 22.7 Å². The zero-order chi connectivity index (χ0) is 20.5. The summed E-state index contributed by atoms with van der Waals surface area (Å²) in [6.45, 7) is 0.115. The van der Waals surface area contributed by atoms with E-state index >= 15 is 0 Å². The molecule has 1 amide bonds. The molecule has 3 aromatic rings. The third kappa shape index (κ3) is 6.10. The molecule has 3 rings (SSSR count). The molecule has 0 saturated heterocycles. The molecule has 148 valence electrons. The van der Waals surface area contributed by atoms with Gasteiger partial charge < -0.3 is 19.9 Å². The van der Waals surface area contributed by atoms with E-state index in [9.17, 15) is 9.59 Å². The Balaban J connectivity index is 1.61. The highest BCUT2D eigenvalue weighted by Gasteiger charge is 2.13. The predicted molar refractivity (Wildman–Crippen MR) is 107 cm³/mol. The van der Waals surface area contributed by atoms with Crippen molar-refractivity contribution in [2.24, 2.45) is 5.73 Å².